The van der Waals surface area contributed by atoms with Gasteiger partial charge in [-0.1, -0.05) is 68.4 Å². The van der Waals surface area contributed by atoms with Crippen LogP contribution in [0.15, 0.2) is 63.8 Å². The normalized spacial score (nSPS) is 18.5. The smallest absolute Gasteiger partial charge is 0.434 e. The Bertz CT molecular complexity index is 1290. The van der Waals surface area contributed by atoms with Gasteiger partial charge in [0.05, 0.1) is 5.25 Å². The number of fused-ring (bicyclic) bond motifs is 1. The molecule has 1 heterocycles. The van der Waals surface area contributed by atoms with Crippen LogP contribution in [0.3, 0.4) is 0 Å². The molecule has 0 amide bonds. The lowest BCUT2D eigenvalue weighted by Gasteiger charge is -2.34. The van der Waals surface area contributed by atoms with Crippen LogP contribution in [0, 0.1) is 5.92 Å². The maximum absolute atomic E-state index is 13.3. The number of benzene rings is 2. The lowest BCUT2D eigenvalue weighted by Crippen LogP contribution is -2.32. The molecule has 2 aromatic carbocycles. The molecule has 33 heavy (non-hydrogen) atoms. The summed E-state index contributed by atoms with van der Waals surface area (Å²) in [5, 5.41) is 4.00. The minimum Gasteiger partial charge on any atom is -0.449 e. The monoisotopic (exact) mass is 470 g/mol. The molecular weight excluding hydrogens is 444 g/mol. The molecule has 1 aliphatic carbocycles. The number of aromatic nitrogens is 2. The van der Waals surface area contributed by atoms with Crippen molar-refractivity contribution in [1.82, 2.24) is 10.2 Å². The summed E-state index contributed by atoms with van der Waals surface area (Å²) in [5.74, 6) is -0.430. The van der Waals surface area contributed by atoms with Gasteiger partial charge in [-0.15, -0.1) is 5.10 Å². The fraction of sp³-hybridized carbons (Fsp3) is 0.375. The summed E-state index contributed by atoms with van der Waals surface area (Å²) in [6.07, 6.45) is 1.44. The van der Waals surface area contributed by atoms with Crippen LogP contribution in [0.4, 0.5) is 4.79 Å². The van der Waals surface area contributed by atoms with Gasteiger partial charge in [-0.05, 0) is 41.9 Å². The number of sulfone groups is 1. The molecule has 8 nitrogen and oxygen atoms in total. The first-order valence-electron chi connectivity index (χ1n) is 10.8. The van der Waals surface area contributed by atoms with Gasteiger partial charge in [-0.2, -0.15) is 0 Å². The average molecular weight is 471 g/mol. The molecule has 2 atom stereocenters. The topological polar surface area (TPSA) is 119 Å². The number of nitrogens with one attached hydrogen (secondary N) is 1. The molecule has 1 N–H and O–H groups in total. The number of hydrogen-bond acceptors (Lipinski definition) is 7. The second kappa shape index (κ2) is 8.97. The summed E-state index contributed by atoms with van der Waals surface area (Å²) in [7, 11) is -4.25. The van der Waals surface area contributed by atoms with E-state index in [2.05, 4.69) is 10.2 Å². The SMILES string of the molecule is CC(C)(C[C@@H]1Cc2ccccc2C(S(=O)(=O)C(=O)OCc2ccccc2)C1)c1n[nH]c(=O)o1. The maximum Gasteiger partial charge on any atom is 0.434 e. The Morgan fingerprint density at radius 3 is 2.55 bits per heavy atom. The fourth-order valence-corrected chi connectivity index (χ4v) is 6.10. The van der Waals surface area contributed by atoms with E-state index in [9.17, 15) is 18.0 Å². The van der Waals surface area contributed by atoms with Gasteiger partial charge in [-0.3, -0.25) is 0 Å². The van der Waals surface area contributed by atoms with E-state index in [0.29, 0.717) is 24.0 Å². The van der Waals surface area contributed by atoms with E-state index in [4.69, 9.17) is 9.15 Å². The van der Waals surface area contributed by atoms with E-state index in [-0.39, 0.29) is 24.8 Å². The summed E-state index contributed by atoms with van der Waals surface area (Å²) < 4.78 is 36.9. The third-order valence-corrected chi connectivity index (χ3v) is 7.86. The van der Waals surface area contributed by atoms with Crippen LogP contribution in [0.5, 0.6) is 0 Å². The molecule has 3 aromatic rings. The zero-order valence-corrected chi connectivity index (χ0v) is 19.3. The molecule has 0 fully saturated rings. The molecule has 9 heteroatoms. The van der Waals surface area contributed by atoms with Crippen LogP contribution >= 0.6 is 0 Å². The van der Waals surface area contributed by atoms with Crippen molar-refractivity contribution >= 4 is 15.1 Å². The van der Waals surface area contributed by atoms with E-state index >= 15 is 0 Å². The standard InChI is InChI=1S/C24H26N2O6S/c1-24(2,21-25-26-22(27)32-21)14-17-12-18-10-6-7-11-19(18)20(13-17)33(29,30)23(28)31-15-16-8-4-3-5-9-16/h3-11,17,20H,12-15H2,1-2H3,(H,26,27)/t17-,20?/m1/s1. The van der Waals surface area contributed by atoms with E-state index in [1.54, 1.807) is 36.4 Å². The number of rotatable bonds is 6. The summed E-state index contributed by atoms with van der Waals surface area (Å²) in [5.41, 5.74) is 1.63. The zero-order chi connectivity index (χ0) is 23.6. The minimum absolute atomic E-state index is 0.0707. The Balaban J connectivity index is 1.57. The van der Waals surface area contributed by atoms with Crippen molar-refractivity contribution in [2.24, 2.45) is 5.92 Å². The first-order valence-corrected chi connectivity index (χ1v) is 12.3. The van der Waals surface area contributed by atoms with Gasteiger partial charge >= 0.3 is 11.1 Å². The number of hydrogen-bond donors (Lipinski definition) is 1. The predicted molar refractivity (Wildman–Crippen MR) is 121 cm³/mol. The molecule has 0 aliphatic heterocycles. The van der Waals surface area contributed by atoms with Crippen molar-refractivity contribution in [3.8, 4) is 0 Å². The van der Waals surface area contributed by atoms with Crippen molar-refractivity contribution in [2.45, 2.75) is 50.4 Å². The number of ether oxygens (including phenoxy) is 1. The number of nitrogens with zero attached hydrogens (tertiary/aromatic N) is 1. The molecule has 174 valence electrons. The first kappa shape index (κ1) is 23.0. The van der Waals surface area contributed by atoms with Crippen molar-refractivity contribution in [1.29, 1.82) is 0 Å². The van der Waals surface area contributed by atoms with Crippen LogP contribution in [0.2, 0.25) is 0 Å². The lowest BCUT2D eigenvalue weighted by molar-refractivity contribution is 0.165. The van der Waals surface area contributed by atoms with Gasteiger partial charge in [0.25, 0.3) is 9.84 Å². The Labute approximate surface area is 191 Å². The van der Waals surface area contributed by atoms with Crippen LogP contribution < -0.4 is 5.76 Å². The molecule has 0 saturated heterocycles. The molecule has 0 saturated carbocycles. The Morgan fingerprint density at radius 1 is 1.15 bits per heavy atom. The maximum atomic E-state index is 13.3. The lowest BCUT2D eigenvalue weighted by atomic mass is 9.74. The quantitative estimate of drug-likeness (QED) is 0.539. The van der Waals surface area contributed by atoms with E-state index in [1.165, 1.54) is 0 Å². The van der Waals surface area contributed by atoms with Gasteiger partial charge in [0.1, 0.15) is 6.61 Å². The van der Waals surface area contributed by atoms with Crippen molar-refractivity contribution in [3.05, 3.63) is 87.7 Å². The molecule has 1 unspecified atom stereocenters. The van der Waals surface area contributed by atoms with Crippen molar-refractivity contribution in [2.75, 3.05) is 0 Å². The van der Waals surface area contributed by atoms with E-state index < -0.39 is 31.6 Å². The van der Waals surface area contributed by atoms with E-state index in [1.807, 2.05) is 32.0 Å². The summed E-state index contributed by atoms with van der Waals surface area (Å²) in [6.45, 7) is 3.68. The third-order valence-electron chi connectivity index (χ3n) is 6.08. The molecular formula is C24H26N2O6S. The van der Waals surface area contributed by atoms with Crippen LogP contribution in [0.1, 0.15) is 54.5 Å². The van der Waals surface area contributed by atoms with Crippen molar-refractivity contribution in [3.63, 3.8) is 0 Å². The summed E-state index contributed by atoms with van der Waals surface area (Å²) in [6, 6.07) is 16.2. The molecule has 4 rings (SSSR count). The molecule has 0 radical (unpaired) electrons. The predicted octanol–water partition coefficient (Wildman–Crippen LogP) is 4.09. The largest absolute Gasteiger partial charge is 0.449 e. The van der Waals surface area contributed by atoms with Gasteiger partial charge in [0.15, 0.2) is 0 Å². The van der Waals surface area contributed by atoms with Crippen LogP contribution in [-0.4, -0.2) is 23.9 Å². The first-order chi connectivity index (χ1) is 15.7. The second-order valence-electron chi connectivity index (χ2n) is 9.07. The molecule has 0 bridgehead atoms. The van der Waals surface area contributed by atoms with Gasteiger partial charge < -0.3 is 9.15 Å². The highest BCUT2D eigenvalue weighted by Gasteiger charge is 2.43. The minimum atomic E-state index is -4.25. The molecule has 0 spiro atoms. The zero-order valence-electron chi connectivity index (χ0n) is 18.5. The highest BCUT2D eigenvalue weighted by atomic mass is 32.2. The summed E-state index contributed by atoms with van der Waals surface area (Å²) >= 11 is 0. The summed E-state index contributed by atoms with van der Waals surface area (Å²) in [4.78, 5) is 24.1. The highest BCUT2D eigenvalue weighted by molar-refractivity contribution is 8.05. The van der Waals surface area contributed by atoms with Crippen molar-refractivity contribution < 1.29 is 22.4 Å². The van der Waals surface area contributed by atoms with Crippen LogP contribution in [0.25, 0.3) is 0 Å². The number of carbonyl (C=O) groups is 1. The Morgan fingerprint density at radius 2 is 1.85 bits per heavy atom. The van der Waals surface area contributed by atoms with E-state index in [0.717, 1.165) is 5.56 Å². The Hall–Kier alpha value is -3.20. The number of carbonyl (C=O) groups excluding carboxylic acids is 1. The molecule has 1 aromatic heterocycles. The third kappa shape index (κ3) is 4.93. The number of H-pyrrole nitrogens is 1. The average Bonchev–Trinajstić information content (AvgIpc) is 3.24. The second-order valence-corrected chi connectivity index (χ2v) is 11.1. The van der Waals surface area contributed by atoms with Gasteiger partial charge in [0, 0.05) is 5.41 Å². The number of aromatic amines is 1. The highest BCUT2D eigenvalue weighted by Crippen LogP contribution is 2.43. The molecule has 1 aliphatic rings. The Kier molecular flexibility index (Phi) is 6.25. The fourth-order valence-electron chi connectivity index (χ4n) is 4.55. The van der Waals surface area contributed by atoms with Gasteiger partial charge in [-0.25, -0.2) is 23.1 Å². The van der Waals surface area contributed by atoms with Crippen LogP contribution in [-0.2, 0) is 33.0 Å². The van der Waals surface area contributed by atoms with Gasteiger partial charge in [0.2, 0.25) is 5.89 Å².